The number of amides is 1. The van der Waals surface area contributed by atoms with E-state index in [1.54, 1.807) is 7.11 Å². The second kappa shape index (κ2) is 4.94. The molecule has 88 valence electrons. The topological polar surface area (TPSA) is 58.6 Å². The highest BCUT2D eigenvalue weighted by molar-refractivity contribution is 5.82. The van der Waals surface area contributed by atoms with Gasteiger partial charge in [0.25, 0.3) is 0 Å². The predicted octanol–water partition coefficient (Wildman–Crippen LogP) is 0.546. The van der Waals surface area contributed by atoms with E-state index >= 15 is 0 Å². The number of hydrogen-bond acceptors (Lipinski definition) is 3. The summed E-state index contributed by atoms with van der Waals surface area (Å²) in [7, 11) is 1.55. The van der Waals surface area contributed by atoms with Gasteiger partial charge in [0.1, 0.15) is 0 Å². The van der Waals surface area contributed by atoms with Gasteiger partial charge in [-0.15, -0.1) is 0 Å². The molecule has 4 heteroatoms. The average molecular weight is 215 g/mol. The van der Waals surface area contributed by atoms with Crippen molar-refractivity contribution in [1.29, 1.82) is 0 Å². The van der Waals surface area contributed by atoms with Gasteiger partial charge in [-0.25, -0.2) is 0 Å². The maximum Gasteiger partial charge on any atom is 0.223 e. The Morgan fingerprint density at radius 2 is 2.27 bits per heavy atom. The van der Waals surface area contributed by atoms with Crippen molar-refractivity contribution < 1.29 is 14.6 Å². The Bertz CT molecular complexity index is 228. The first-order valence-electron chi connectivity index (χ1n) is 5.42. The van der Waals surface area contributed by atoms with Gasteiger partial charge in [-0.1, -0.05) is 13.8 Å². The molecule has 0 spiro atoms. The molecule has 1 aliphatic rings. The summed E-state index contributed by atoms with van der Waals surface area (Å²) in [6.45, 7) is 5.04. The first-order valence-corrected chi connectivity index (χ1v) is 5.42. The molecule has 1 fully saturated rings. The molecule has 0 bridgehead atoms. The molecule has 2 atom stereocenters. The molecule has 2 N–H and O–H groups in total. The summed E-state index contributed by atoms with van der Waals surface area (Å²) < 4.78 is 4.79. The number of hydrogen-bond donors (Lipinski definition) is 2. The van der Waals surface area contributed by atoms with Crippen LogP contribution in [0, 0.1) is 11.3 Å². The number of aliphatic hydroxyl groups is 1. The molecular weight excluding hydrogens is 194 g/mol. The van der Waals surface area contributed by atoms with Crippen LogP contribution >= 0.6 is 0 Å². The Kier molecular flexibility index (Phi) is 4.11. The molecule has 0 aromatic heterocycles. The normalized spacial score (nSPS) is 24.7. The lowest BCUT2D eigenvalue weighted by molar-refractivity contribution is -0.123. The fraction of sp³-hybridized carbons (Fsp3) is 0.909. The van der Waals surface area contributed by atoms with Crippen molar-refractivity contribution in [2.45, 2.75) is 32.8 Å². The van der Waals surface area contributed by atoms with Gasteiger partial charge in [0.2, 0.25) is 5.91 Å². The molecule has 15 heavy (non-hydrogen) atoms. The fourth-order valence-electron chi connectivity index (χ4n) is 1.68. The Labute approximate surface area is 91.0 Å². The van der Waals surface area contributed by atoms with Crippen molar-refractivity contribution in [2.75, 3.05) is 20.3 Å². The summed E-state index contributed by atoms with van der Waals surface area (Å²) in [6, 6.07) is 0. The summed E-state index contributed by atoms with van der Waals surface area (Å²) in [5.74, 6) is 0.279. The number of carbonyl (C=O) groups excluding carboxylic acids is 1. The van der Waals surface area contributed by atoms with Crippen molar-refractivity contribution in [3.63, 3.8) is 0 Å². The van der Waals surface area contributed by atoms with Gasteiger partial charge in [-0.05, 0) is 18.3 Å². The molecule has 1 aliphatic carbocycles. The lowest BCUT2D eigenvalue weighted by Gasteiger charge is -2.10. The van der Waals surface area contributed by atoms with Crippen LogP contribution < -0.4 is 5.32 Å². The third-order valence-corrected chi connectivity index (χ3v) is 2.97. The Balaban J connectivity index is 2.08. The van der Waals surface area contributed by atoms with Gasteiger partial charge in [-0.2, -0.15) is 0 Å². The van der Waals surface area contributed by atoms with E-state index < -0.39 is 6.10 Å². The fourth-order valence-corrected chi connectivity index (χ4v) is 1.68. The molecule has 4 nitrogen and oxygen atoms in total. The molecule has 0 aliphatic heterocycles. The zero-order valence-corrected chi connectivity index (χ0v) is 9.75. The molecule has 1 amide bonds. The number of aliphatic hydroxyl groups excluding tert-OH is 1. The van der Waals surface area contributed by atoms with Crippen LogP contribution in [0.3, 0.4) is 0 Å². The molecule has 2 unspecified atom stereocenters. The minimum atomic E-state index is -0.484. The number of ether oxygens (including phenoxy) is 1. The second-order valence-corrected chi connectivity index (χ2v) is 4.93. The SMILES string of the molecule is COCC(O)CCNC(=O)C1CC1(C)C. The molecule has 0 aromatic rings. The van der Waals surface area contributed by atoms with Crippen LogP contribution in [0.4, 0.5) is 0 Å². The molecule has 0 heterocycles. The van der Waals surface area contributed by atoms with Crippen LogP contribution in [-0.2, 0) is 9.53 Å². The molecule has 0 saturated heterocycles. The average Bonchev–Trinajstić information content (AvgIpc) is 2.75. The number of carbonyl (C=O) groups is 1. The number of nitrogens with one attached hydrogen (secondary N) is 1. The molecular formula is C11H21NO3. The number of rotatable bonds is 6. The molecule has 0 aromatic carbocycles. The second-order valence-electron chi connectivity index (χ2n) is 4.93. The summed E-state index contributed by atoms with van der Waals surface area (Å²) in [6.07, 6.45) is 1.04. The van der Waals surface area contributed by atoms with E-state index in [2.05, 4.69) is 19.2 Å². The largest absolute Gasteiger partial charge is 0.391 e. The zero-order valence-electron chi connectivity index (χ0n) is 9.75. The van der Waals surface area contributed by atoms with E-state index in [0.717, 1.165) is 6.42 Å². The van der Waals surface area contributed by atoms with Crippen LogP contribution in [0.1, 0.15) is 26.7 Å². The van der Waals surface area contributed by atoms with E-state index in [9.17, 15) is 9.90 Å². The standard InChI is InChI=1S/C11H21NO3/c1-11(2)6-9(11)10(14)12-5-4-8(13)7-15-3/h8-9,13H,4-7H2,1-3H3,(H,12,14). The first kappa shape index (κ1) is 12.5. The molecule has 1 rings (SSSR count). The van der Waals surface area contributed by atoms with Crippen LogP contribution in [0.5, 0.6) is 0 Å². The third kappa shape index (κ3) is 3.80. The van der Waals surface area contributed by atoms with Crippen LogP contribution in [0.15, 0.2) is 0 Å². The van der Waals surface area contributed by atoms with E-state index in [0.29, 0.717) is 19.6 Å². The van der Waals surface area contributed by atoms with Gasteiger partial charge in [0, 0.05) is 19.6 Å². The predicted molar refractivity (Wildman–Crippen MR) is 57.4 cm³/mol. The first-order chi connectivity index (χ1) is 6.97. The third-order valence-electron chi connectivity index (χ3n) is 2.97. The van der Waals surface area contributed by atoms with Crippen molar-refractivity contribution in [3.05, 3.63) is 0 Å². The summed E-state index contributed by atoms with van der Waals surface area (Å²) in [4.78, 5) is 11.5. The lowest BCUT2D eigenvalue weighted by atomic mass is 10.1. The van der Waals surface area contributed by atoms with Crippen molar-refractivity contribution in [2.24, 2.45) is 11.3 Å². The monoisotopic (exact) mass is 215 g/mol. The van der Waals surface area contributed by atoms with Crippen LogP contribution in [-0.4, -0.2) is 37.4 Å². The van der Waals surface area contributed by atoms with E-state index in [-0.39, 0.29) is 17.2 Å². The van der Waals surface area contributed by atoms with Crippen LogP contribution in [0.25, 0.3) is 0 Å². The highest BCUT2D eigenvalue weighted by Gasteiger charge is 2.50. The minimum absolute atomic E-state index is 0.115. The van der Waals surface area contributed by atoms with Crippen molar-refractivity contribution >= 4 is 5.91 Å². The van der Waals surface area contributed by atoms with Crippen molar-refractivity contribution in [3.8, 4) is 0 Å². The quantitative estimate of drug-likeness (QED) is 0.680. The molecule has 0 radical (unpaired) electrons. The van der Waals surface area contributed by atoms with E-state index in [1.165, 1.54) is 0 Å². The maximum atomic E-state index is 11.5. The van der Waals surface area contributed by atoms with E-state index in [4.69, 9.17) is 4.74 Å². The summed E-state index contributed by atoms with van der Waals surface area (Å²) >= 11 is 0. The van der Waals surface area contributed by atoms with Crippen molar-refractivity contribution in [1.82, 2.24) is 5.32 Å². The van der Waals surface area contributed by atoms with Crippen LogP contribution in [0.2, 0.25) is 0 Å². The minimum Gasteiger partial charge on any atom is -0.391 e. The van der Waals surface area contributed by atoms with Gasteiger partial charge in [-0.3, -0.25) is 4.79 Å². The van der Waals surface area contributed by atoms with Gasteiger partial charge in [0.05, 0.1) is 12.7 Å². The Hall–Kier alpha value is -0.610. The Morgan fingerprint density at radius 1 is 1.67 bits per heavy atom. The summed E-state index contributed by atoms with van der Waals surface area (Å²) in [5.41, 5.74) is 0.176. The zero-order chi connectivity index (χ0) is 11.5. The molecule has 1 saturated carbocycles. The summed E-state index contributed by atoms with van der Waals surface area (Å²) in [5, 5.41) is 12.2. The van der Waals surface area contributed by atoms with Gasteiger partial charge < -0.3 is 15.2 Å². The Morgan fingerprint density at radius 3 is 2.73 bits per heavy atom. The smallest absolute Gasteiger partial charge is 0.223 e. The maximum absolute atomic E-state index is 11.5. The lowest BCUT2D eigenvalue weighted by Crippen LogP contribution is -2.30. The van der Waals surface area contributed by atoms with Gasteiger partial charge in [0.15, 0.2) is 0 Å². The highest BCUT2D eigenvalue weighted by Crippen LogP contribution is 2.51. The van der Waals surface area contributed by atoms with E-state index in [1.807, 2.05) is 0 Å². The number of methoxy groups -OCH3 is 1. The highest BCUT2D eigenvalue weighted by atomic mass is 16.5. The van der Waals surface area contributed by atoms with Gasteiger partial charge >= 0.3 is 0 Å².